The maximum absolute atomic E-state index is 5.48. The largest absolute Gasteiger partial charge is 0.390 e. The van der Waals surface area contributed by atoms with Crippen LogP contribution in [0.5, 0.6) is 0 Å². The van der Waals surface area contributed by atoms with Crippen LogP contribution < -0.4 is 15.5 Å². The molecule has 0 saturated carbocycles. The van der Waals surface area contributed by atoms with Gasteiger partial charge >= 0.3 is 0 Å². The molecule has 1 atom stereocenters. The number of hydrogen-bond acceptors (Lipinski definition) is 5. The van der Waals surface area contributed by atoms with E-state index in [1.54, 1.807) is 7.11 Å². The lowest BCUT2D eigenvalue weighted by Crippen LogP contribution is -2.40. The van der Waals surface area contributed by atoms with Crippen LogP contribution in [0.15, 0.2) is 29.4 Å². The summed E-state index contributed by atoms with van der Waals surface area (Å²) in [5, 5.41) is 11.0. The molecule has 2 N–H and O–H groups in total. The molecule has 23 heavy (non-hydrogen) atoms. The summed E-state index contributed by atoms with van der Waals surface area (Å²) in [6, 6.07) is 8.31. The van der Waals surface area contributed by atoms with Crippen LogP contribution in [0.1, 0.15) is 12.0 Å². The second-order valence-corrected chi connectivity index (χ2v) is 5.95. The number of methoxy groups -OCH3 is 1. The van der Waals surface area contributed by atoms with Gasteiger partial charge < -0.3 is 25.1 Å². The molecule has 1 aliphatic rings. The summed E-state index contributed by atoms with van der Waals surface area (Å²) in [5.41, 5.74) is 3.23. The highest BCUT2D eigenvalue weighted by Crippen LogP contribution is 2.19. The Balaban J connectivity index is 1.76. The molecular weight excluding hydrogens is 312 g/mol. The van der Waals surface area contributed by atoms with E-state index in [9.17, 15) is 0 Å². The van der Waals surface area contributed by atoms with E-state index >= 15 is 0 Å². The highest BCUT2D eigenvalue weighted by Gasteiger charge is 2.22. The maximum atomic E-state index is 5.48. The third kappa shape index (κ3) is 5.37. The Kier molecular flexibility index (Phi) is 6.61. The Hall–Kier alpha value is -1.86. The average Bonchev–Trinajstić information content (AvgIpc) is 3.02. The van der Waals surface area contributed by atoms with Gasteiger partial charge in [-0.1, -0.05) is 17.3 Å². The molecule has 0 aliphatic carbocycles. The molecule has 1 aromatic rings. The number of nitrogens with one attached hydrogen (secondary N) is 2. The van der Waals surface area contributed by atoms with E-state index in [1.165, 1.54) is 5.69 Å². The van der Waals surface area contributed by atoms with E-state index < -0.39 is 0 Å². The van der Waals surface area contributed by atoms with Crippen LogP contribution >= 0.6 is 12.2 Å². The van der Waals surface area contributed by atoms with Crippen molar-refractivity contribution in [2.45, 2.75) is 12.5 Å². The quantitative estimate of drug-likeness (QED) is 0.579. The first-order chi connectivity index (χ1) is 11.1. The third-order valence-electron chi connectivity index (χ3n) is 3.53. The first-order valence-corrected chi connectivity index (χ1v) is 8.02. The van der Waals surface area contributed by atoms with Gasteiger partial charge in [0.2, 0.25) is 0 Å². The molecule has 0 aromatic heterocycles. The van der Waals surface area contributed by atoms with Crippen LogP contribution in [0.4, 0.5) is 5.69 Å². The van der Waals surface area contributed by atoms with Gasteiger partial charge in [-0.25, -0.2) is 0 Å². The standard InChI is InChI=1S/C16H24N4O2S/c1-20(2)13-6-4-12(5-7-13)15-10-14(22-19-15)11-18-16(23)17-8-9-21-3/h4-7,14H,8-11H2,1-3H3,(H2,17,18,23)/t14-/m0/s1. The molecule has 0 radical (unpaired) electrons. The number of ether oxygens (including phenoxy) is 1. The summed E-state index contributed by atoms with van der Waals surface area (Å²) in [4.78, 5) is 7.55. The van der Waals surface area contributed by atoms with Crippen molar-refractivity contribution in [3.8, 4) is 0 Å². The second-order valence-electron chi connectivity index (χ2n) is 5.54. The monoisotopic (exact) mass is 336 g/mol. The number of thiocarbonyl (C=S) groups is 1. The first-order valence-electron chi connectivity index (χ1n) is 7.61. The fraction of sp³-hybridized carbons (Fsp3) is 0.500. The van der Waals surface area contributed by atoms with Crippen molar-refractivity contribution in [3.63, 3.8) is 0 Å². The van der Waals surface area contributed by atoms with Gasteiger partial charge in [0.05, 0.1) is 18.9 Å². The van der Waals surface area contributed by atoms with Crippen molar-refractivity contribution in [2.24, 2.45) is 5.16 Å². The lowest BCUT2D eigenvalue weighted by atomic mass is 10.0. The van der Waals surface area contributed by atoms with E-state index in [0.29, 0.717) is 24.8 Å². The molecular formula is C16H24N4O2S. The van der Waals surface area contributed by atoms with E-state index in [-0.39, 0.29) is 6.10 Å². The Morgan fingerprint density at radius 2 is 2.09 bits per heavy atom. The summed E-state index contributed by atoms with van der Waals surface area (Å²) in [6.07, 6.45) is 0.773. The molecule has 1 heterocycles. The zero-order valence-corrected chi connectivity index (χ0v) is 14.7. The van der Waals surface area contributed by atoms with Gasteiger partial charge in [-0.05, 0) is 29.9 Å². The molecule has 2 rings (SSSR count). The average molecular weight is 336 g/mol. The number of hydrogen-bond donors (Lipinski definition) is 2. The van der Waals surface area contributed by atoms with Gasteiger partial charge in [-0.2, -0.15) is 0 Å². The van der Waals surface area contributed by atoms with Crippen LogP contribution in [0.3, 0.4) is 0 Å². The second kappa shape index (κ2) is 8.69. The molecule has 7 heteroatoms. The van der Waals surface area contributed by atoms with E-state index in [4.69, 9.17) is 21.8 Å². The predicted molar refractivity (Wildman–Crippen MR) is 97.3 cm³/mol. The Morgan fingerprint density at radius 3 is 2.74 bits per heavy atom. The smallest absolute Gasteiger partial charge is 0.166 e. The van der Waals surface area contributed by atoms with Crippen LogP contribution in [-0.2, 0) is 9.57 Å². The molecule has 0 fully saturated rings. The highest BCUT2D eigenvalue weighted by atomic mass is 32.1. The van der Waals surface area contributed by atoms with Gasteiger partial charge in [0.1, 0.15) is 6.10 Å². The fourth-order valence-electron chi connectivity index (χ4n) is 2.20. The SMILES string of the molecule is COCCNC(=S)NC[C@@H]1CC(c2ccc(N(C)C)cc2)=NO1. The minimum Gasteiger partial charge on any atom is -0.390 e. The van der Waals surface area contributed by atoms with Gasteiger partial charge in [0, 0.05) is 39.9 Å². The summed E-state index contributed by atoms with van der Waals surface area (Å²) in [7, 11) is 5.71. The maximum Gasteiger partial charge on any atom is 0.166 e. The molecule has 0 spiro atoms. The van der Waals surface area contributed by atoms with Gasteiger partial charge in [-0.15, -0.1) is 0 Å². The minimum absolute atomic E-state index is 0.000649. The number of nitrogens with zero attached hydrogens (tertiary/aromatic N) is 2. The van der Waals surface area contributed by atoms with Crippen LogP contribution in [0.2, 0.25) is 0 Å². The van der Waals surface area contributed by atoms with E-state index in [2.05, 4.69) is 45.0 Å². The van der Waals surface area contributed by atoms with Crippen LogP contribution in [0.25, 0.3) is 0 Å². The summed E-state index contributed by atoms with van der Waals surface area (Å²) < 4.78 is 4.96. The summed E-state index contributed by atoms with van der Waals surface area (Å²) in [5.74, 6) is 0. The molecule has 1 aliphatic heterocycles. The molecule has 0 amide bonds. The van der Waals surface area contributed by atoms with Crippen molar-refractivity contribution < 1.29 is 9.57 Å². The van der Waals surface area contributed by atoms with Crippen LogP contribution in [-0.4, -0.2) is 57.8 Å². The Bertz CT molecular complexity index is 546. The summed E-state index contributed by atoms with van der Waals surface area (Å²) >= 11 is 5.19. The first kappa shape index (κ1) is 17.5. The molecule has 0 saturated heterocycles. The lowest BCUT2D eigenvalue weighted by Gasteiger charge is -2.13. The van der Waals surface area contributed by atoms with Crippen molar-refractivity contribution in [1.82, 2.24) is 10.6 Å². The van der Waals surface area contributed by atoms with E-state index in [1.807, 2.05) is 14.1 Å². The topological polar surface area (TPSA) is 58.1 Å². The van der Waals surface area contributed by atoms with Crippen LogP contribution in [0, 0.1) is 0 Å². The normalized spacial score (nSPS) is 16.5. The minimum atomic E-state index is 0.000649. The molecule has 6 nitrogen and oxygen atoms in total. The molecule has 126 valence electrons. The Labute approximate surface area is 142 Å². The van der Waals surface area contributed by atoms with Gasteiger partial charge in [-0.3, -0.25) is 0 Å². The molecule has 0 bridgehead atoms. The van der Waals surface area contributed by atoms with Crippen molar-refractivity contribution in [1.29, 1.82) is 0 Å². The fourth-order valence-corrected chi connectivity index (χ4v) is 2.38. The number of rotatable bonds is 7. The zero-order chi connectivity index (χ0) is 16.7. The van der Waals surface area contributed by atoms with Crippen molar-refractivity contribution in [3.05, 3.63) is 29.8 Å². The zero-order valence-electron chi connectivity index (χ0n) is 13.8. The number of anilines is 1. The van der Waals surface area contributed by atoms with Crippen molar-refractivity contribution >= 4 is 28.7 Å². The van der Waals surface area contributed by atoms with Gasteiger partial charge in [0.25, 0.3) is 0 Å². The van der Waals surface area contributed by atoms with Crippen molar-refractivity contribution in [2.75, 3.05) is 45.8 Å². The third-order valence-corrected chi connectivity index (χ3v) is 3.82. The molecule has 0 unspecified atom stereocenters. The number of oxime groups is 1. The predicted octanol–water partition coefficient (Wildman–Crippen LogP) is 1.36. The lowest BCUT2D eigenvalue weighted by molar-refractivity contribution is 0.0885. The van der Waals surface area contributed by atoms with Gasteiger partial charge in [0.15, 0.2) is 5.11 Å². The number of benzene rings is 1. The highest BCUT2D eigenvalue weighted by molar-refractivity contribution is 7.80. The Morgan fingerprint density at radius 1 is 1.35 bits per heavy atom. The summed E-state index contributed by atoms with van der Waals surface area (Å²) in [6.45, 7) is 1.94. The van der Waals surface area contributed by atoms with E-state index in [0.717, 1.165) is 17.7 Å². The molecule has 1 aromatic carbocycles.